The molecule has 3 aromatic rings. The number of aromatic nitrogens is 2. The Morgan fingerprint density at radius 1 is 1.12 bits per heavy atom. The molecule has 0 aliphatic rings. The van der Waals surface area contributed by atoms with Crippen molar-refractivity contribution in [3.8, 4) is 11.3 Å². The van der Waals surface area contributed by atoms with Crippen molar-refractivity contribution in [3.05, 3.63) is 78.0 Å². The second kappa shape index (κ2) is 7.08. The molecule has 0 radical (unpaired) electrons. The predicted molar refractivity (Wildman–Crippen MR) is 92.6 cm³/mol. The minimum Gasteiger partial charge on any atom is -0.264 e. The first-order valence-corrected chi connectivity index (χ1v) is 9.05. The van der Waals surface area contributed by atoms with Crippen LogP contribution in [0.15, 0.2) is 66.0 Å². The number of aryl methyl sites for hydroxylation is 1. The van der Waals surface area contributed by atoms with E-state index < -0.39 is 15.8 Å². The molecular weight excluding hydrogens is 341 g/mol. The van der Waals surface area contributed by atoms with Crippen LogP contribution in [0.1, 0.15) is 11.1 Å². The number of benzene rings is 1. The Kier molecular flexibility index (Phi) is 4.87. The number of hydrogen-bond donors (Lipinski definition) is 1. The Hall–Kier alpha value is -2.64. The van der Waals surface area contributed by atoms with Crippen molar-refractivity contribution in [1.82, 2.24) is 14.7 Å². The third-order valence-corrected chi connectivity index (χ3v) is 5.09. The van der Waals surface area contributed by atoms with Crippen LogP contribution in [0.3, 0.4) is 0 Å². The summed E-state index contributed by atoms with van der Waals surface area (Å²) in [5.41, 5.74) is 2.64. The van der Waals surface area contributed by atoms with Crippen LogP contribution >= 0.6 is 0 Å². The molecule has 25 heavy (non-hydrogen) atoms. The first-order valence-electron chi connectivity index (χ1n) is 7.57. The SMILES string of the molecule is Cc1cc(S(=O)(=O)NCc2ccc(-c3cccnc3)nc2)ccc1F. The summed E-state index contributed by atoms with van der Waals surface area (Å²) in [6, 6.07) is 11.0. The highest BCUT2D eigenvalue weighted by Gasteiger charge is 2.15. The van der Waals surface area contributed by atoms with Gasteiger partial charge in [0.1, 0.15) is 5.82 Å². The maximum Gasteiger partial charge on any atom is 0.240 e. The predicted octanol–water partition coefficient (Wildman–Crippen LogP) is 3.07. The van der Waals surface area contributed by atoms with Crippen LogP contribution < -0.4 is 4.72 Å². The summed E-state index contributed by atoms with van der Waals surface area (Å²) in [7, 11) is -3.71. The molecule has 0 fully saturated rings. The molecule has 3 rings (SSSR count). The monoisotopic (exact) mass is 357 g/mol. The summed E-state index contributed by atoms with van der Waals surface area (Å²) in [4.78, 5) is 8.40. The van der Waals surface area contributed by atoms with E-state index in [9.17, 15) is 12.8 Å². The van der Waals surface area contributed by atoms with Gasteiger partial charge in [0.2, 0.25) is 10.0 Å². The van der Waals surface area contributed by atoms with E-state index in [1.807, 2.05) is 18.2 Å². The van der Waals surface area contributed by atoms with Gasteiger partial charge in [0.05, 0.1) is 10.6 Å². The summed E-state index contributed by atoms with van der Waals surface area (Å²) < 4.78 is 40.4. The van der Waals surface area contributed by atoms with Gasteiger partial charge in [-0.15, -0.1) is 0 Å². The molecule has 0 unspecified atom stereocenters. The number of rotatable bonds is 5. The first kappa shape index (κ1) is 17.2. The Labute approximate surface area is 145 Å². The summed E-state index contributed by atoms with van der Waals surface area (Å²) in [5.74, 6) is -0.436. The third-order valence-electron chi connectivity index (χ3n) is 3.69. The largest absolute Gasteiger partial charge is 0.264 e. The fourth-order valence-electron chi connectivity index (χ4n) is 2.26. The molecule has 1 aromatic carbocycles. The van der Waals surface area contributed by atoms with E-state index in [1.165, 1.54) is 19.1 Å². The summed E-state index contributed by atoms with van der Waals surface area (Å²) in [6.45, 7) is 1.62. The highest BCUT2D eigenvalue weighted by Crippen LogP contribution is 2.17. The van der Waals surface area contributed by atoms with Crippen LogP contribution in [0.5, 0.6) is 0 Å². The normalized spacial score (nSPS) is 11.4. The highest BCUT2D eigenvalue weighted by molar-refractivity contribution is 7.89. The second-order valence-electron chi connectivity index (χ2n) is 5.53. The van der Waals surface area contributed by atoms with Crippen molar-refractivity contribution in [2.75, 3.05) is 0 Å². The quantitative estimate of drug-likeness (QED) is 0.762. The second-order valence-corrected chi connectivity index (χ2v) is 7.30. The van der Waals surface area contributed by atoms with Crippen molar-refractivity contribution in [1.29, 1.82) is 0 Å². The van der Waals surface area contributed by atoms with Crippen molar-refractivity contribution in [2.45, 2.75) is 18.4 Å². The fourth-order valence-corrected chi connectivity index (χ4v) is 3.36. The van der Waals surface area contributed by atoms with Gasteiger partial charge in [-0.05, 0) is 54.4 Å². The topological polar surface area (TPSA) is 72.0 Å². The molecular formula is C18H16FN3O2S. The molecule has 0 bridgehead atoms. The zero-order valence-electron chi connectivity index (χ0n) is 13.5. The lowest BCUT2D eigenvalue weighted by Gasteiger charge is -2.08. The van der Waals surface area contributed by atoms with Crippen molar-refractivity contribution in [3.63, 3.8) is 0 Å². The van der Waals surface area contributed by atoms with E-state index in [2.05, 4.69) is 14.7 Å². The summed E-state index contributed by atoms with van der Waals surface area (Å²) in [6.07, 6.45) is 5.01. The summed E-state index contributed by atoms with van der Waals surface area (Å²) in [5, 5.41) is 0. The minimum atomic E-state index is -3.71. The van der Waals surface area contributed by atoms with Crippen molar-refractivity contribution >= 4 is 10.0 Å². The molecule has 0 atom stereocenters. The van der Waals surface area contributed by atoms with E-state index in [0.29, 0.717) is 0 Å². The molecule has 0 aliphatic heterocycles. The van der Waals surface area contributed by atoms with Crippen LogP contribution in [0, 0.1) is 12.7 Å². The van der Waals surface area contributed by atoms with Gasteiger partial charge in [0.15, 0.2) is 0 Å². The number of nitrogens with zero attached hydrogens (tertiary/aromatic N) is 2. The zero-order valence-corrected chi connectivity index (χ0v) is 14.3. The molecule has 0 spiro atoms. The number of hydrogen-bond acceptors (Lipinski definition) is 4. The smallest absolute Gasteiger partial charge is 0.240 e. The lowest BCUT2D eigenvalue weighted by Crippen LogP contribution is -2.23. The molecule has 7 heteroatoms. The summed E-state index contributed by atoms with van der Waals surface area (Å²) >= 11 is 0. The van der Waals surface area contributed by atoms with E-state index in [-0.39, 0.29) is 17.0 Å². The maximum absolute atomic E-state index is 13.3. The van der Waals surface area contributed by atoms with Gasteiger partial charge in [-0.1, -0.05) is 6.07 Å². The van der Waals surface area contributed by atoms with E-state index in [1.54, 1.807) is 24.7 Å². The molecule has 5 nitrogen and oxygen atoms in total. The van der Waals surface area contributed by atoms with Gasteiger partial charge < -0.3 is 0 Å². The van der Waals surface area contributed by atoms with E-state index >= 15 is 0 Å². The lowest BCUT2D eigenvalue weighted by atomic mass is 10.1. The van der Waals surface area contributed by atoms with Crippen LogP contribution in [-0.2, 0) is 16.6 Å². The van der Waals surface area contributed by atoms with Gasteiger partial charge in [0.25, 0.3) is 0 Å². The highest BCUT2D eigenvalue weighted by atomic mass is 32.2. The maximum atomic E-state index is 13.3. The molecule has 1 N–H and O–H groups in total. The standard InChI is InChI=1S/C18H16FN3O2S/c1-13-9-16(5-6-17(13)19)25(23,24)22-11-14-4-7-18(21-10-14)15-3-2-8-20-12-15/h2-10,12,22H,11H2,1H3. The average Bonchev–Trinajstić information content (AvgIpc) is 2.63. The molecule has 128 valence electrons. The minimum absolute atomic E-state index is 0.0336. The van der Waals surface area contributed by atoms with Crippen molar-refractivity contribution < 1.29 is 12.8 Å². The Morgan fingerprint density at radius 3 is 2.60 bits per heavy atom. The zero-order chi connectivity index (χ0) is 17.9. The van der Waals surface area contributed by atoms with Crippen LogP contribution in [-0.4, -0.2) is 18.4 Å². The average molecular weight is 357 g/mol. The van der Waals surface area contributed by atoms with Gasteiger partial charge in [-0.3, -0.25) is 9.97 Å². The van der Waals surface area contributed by atoms with Gasteiger partial charge >= 0.3 is 0 Å². The molecule has 0 saturated carbocycles. The third kappa shape index (κ3) is 4.07. The van der Waals surface area contributed by atoms with E-state index in [0.717, 1.165) is 22.9 Å². The molecule has 0 aliphatic carbocycles. The number of sulfonamides is 1. The van der Waals surface area contributed by atoms with Gasteiger partial charge in [-0.25, -0.2) is 17.5 Å². The molecule has 2 heterocycles. The number of nitrogens with one attached hydrogen (secondary N) is 1. The molecule has 0 saturated heterocycles. The van der Waals surface area contributed by atoms with E-state index in [4.69, 9.17) is 0 Å². The number of pyridine rings is 2. The fraction of sp³-hybridized carbons (Fsp3) is 0.111. The Bertz CT molecular complexity index is 975. The number of halogens is 1. The lowest BCUT2D eigenvalue weighted by molar-refractivity contribution is 0.579. The van der Waals surface area contributed by atoms with Crippen LogP contribution in [0.4, 0.5) is 4.39 Å². The van der Waals surface area contributed by atoms with Crippen molar-refractivity contribution in [2.24, 2.45) is 0 Å². The Morgan fingerprint density at radius 2 is 1.96 bits per heavy atom. The molecule has 2 aromatic heterocycles. The van der Waals surface area contributed by atoms with Gasteiger partial charge in [0, 0.05) is 30.7 Å². The molecule has 0 amide bonds. The Balaban J connectivity index is 1.71. The van der Waals surface area contributed by atoms with Gasteiger partial charge in [-0.2, -0.15) is 0 Å². The first-order chi connectivity index (χ1) is 12.0. The van der Waals surface area contributed by atoms with Crippen LogP contribution in [0.2, 0.25) is 0 Å². The van der Waals surface area contributed by atoms with Crippen LogP contribution in [0.25, 0.3) is 11.3 Å².